The minimum Gasteiger partial charge on any atom is -0.444 e. The average molecular weight is 304 g/mol. The standard InChI is InChI=1S/C18H28N2O2/c1-12-6-7-13(2)14(8-12)11-19-15-9-16(10-15)20-17(21)22-18(3,4)5/h6-8,15-16,19H,9-11H2,1-5H3,(H,20,21). The average Bonchev–Trinajstić information content (AvgIpc) is 2.33. The zero-order valence-electron chi connectivity index (χ0n) is 14.3. The summed E-state index contributed by atoms with van der Waals surface area (Å²) in [5, 5.41) is 6.48. The summed E-state index contributed by atoms with van der Waals surface area (Å²) in [4.78, 5) is 11.7. The number of carbonyl (C=O) groups is 1. The quantitative estimate of drug-likeness (QED) is 0.896. The number of ether oxygens (including phenoxy) is 1. The Labute approximate surface area is 133 Å². The normalized spacial score (nSPS) is 21.1. The molecule has 4 heteroatoms. The first kappa shape index (κ1) is 16.8. The van der Waals surface area contributed by atoms with E-state index >= 15 is 0 Å². The number of alkyl carbamates (subject to hydrolysis) is 1. The number of hydrogen-bond donors (Lipinski definition) is 2. The summed E-state index contributed by atoms with van der Waals surface area (Å²) < 4.78 is 5.27. The smallest absolute Gasteiger partial charge is 0.407 e. The van der Waals surface area contributed by atoms with Crippen LogP contribution in [0.4, 0.5) is 4.79 Å². The van der Waals surface area contributed by atoms with Gasteiger partial charge in [0, 0.05) is 18.6 Å². The molecule has 2 rings (SSSR count). The molecule has 1 amide bonds. The Kier molecular flexibility index (Phi) is 5.12. The summed E-state index contributed by atoms with van der Waals surface area (Å²) in [5.41, 5.74) is 3.53. The molecule has 1 fully saturated rings. The maximum Gasteiger partial charge on any atom is 0.407 e. The molecule has 0 heterocycles. The van der Waals surface area contributed by atoms with Crippen LogP contribution in [0.25, 0.3) is 0 Å². The van der Waals surface area contributed by atoms with Crippen LogP contribution in [0.15, 0.2) is 18.2 Å². The van der Waals surface area contributed by atoms with E-state index in [2.05, 4.69) is 42.7 Å². The van der Waals surface area contributed by atoms with Gasteiger partial charge in [-0.25, -0.2) is 4.79 Å². The number of amides is 1. The summed E-state index contributed by atoms with van der Waals surface area (Å²) in [5.74, 6) is 0. The highest BCUT2D eigenvalue weighted by atomic mass is 16.6. The second kappa shape index (κ2) is 6.69. The van der Waals surface area contributed by atoms with Gasteiger partial charge < -0.3 is 15.4 Å². The molecule has 22 heavy (non-hydrogen) atoms. The van der Waals surface area contributed by atoms with E-state index in [1.54, 1.807) is 0 Å². The zero-order valence-corrected chi connectivity index (χ0v) is 14.3. The maximum absolute atomic E-state index is 11.7. The predicted octanol–water partition coefficient (Wildman–Crippen LogP) is 3.45. The first-order chi connectivity index (χ1) is 10.2. The number of rotatable bonds is 4. The fraction of sp³-hybridized carbons (Fsp3) is 0.611. The molecule has 0 bridgehead atoms. The monoisotopic (exact) mass is 304 g/mol. The van der Waals surface area contributed by atoms with Crippen LogP contribution in [0.2, 0.25) is 0 Å². The van der Waals surface area contributed by atoms with Gasteiger partial charge in [0.15, 0.2) is 0 Å². The molecule has 0 atom stereocenters. The van der Waals surface area contributed by atoms with Gasteiger partial charge in [-0.1, -0.05) is 23.8 Å². The topological polar surface area (TPSA) is 50.4 Å². The Balaban J connectivity index is 1.69. The Hall–Kier alpha value is -1.55. The van der Waals surface area contributed by atoms with Crippen molar-refractivity contribution < 1.29 is 9.53 Å². The first-order valence-corrected chi connectivity index (χ1v) is 8.02. The molecule has 1 aromatic rings. The third-order valence-electron chi connectivity index (χ3n) is 3.94. The van der Waals surface area contributed by atoms with Crippen molar-refractivity contribution in [3.63, 3.8) is 0 Å². The molecule has 1 saturated carbocycles. The molecule has 0 aromatic heterocycles. The summed E-state index contributed by atoms with van der Waals surface area (Å²) in [6, 6.07) is 7.24. The molecule has 1 aromatic carbocycles. The molecule has 0 aliphatic heterocycles. The van der Waals surface area contributed by atoms with Crippen LogP contribution >= 0.6 is 0 Å². The number of hydrogen-bond acceptors (Lipinski definition) is 3. The van der Waals surface area contributed by atoms with Gasteiger partial charge >= 0.3 is 6.09 Å². The van der Waals surface area contributed by atoms with Crippen molar-refractivity contribution in [3.05, 3.63) is 34.9 Å². The summed E-state index contributed by atoms with van der Waals surface area (Å²) >= 11 is 0. The van der Waals surface area contributed by atoms with Gasteiger partial charge in [-0.15, -0.1) is 0 Å². The Bertz CT molecular complexity index is 528. The molecule has 122 valence electrons. The molecular formula is C18H28N2O2. The van der Waals surface area contributed by atoms with E-state index in [1.807, 2.05) is 20.8 Å². The van der Waals surface area contributed by atoms with Crippen LogP contribution in [0.5, 0.6) is 0 Å². The third-order valence-corrected chi connectivity index (χ3v) is 3.94. The summed E-state index contributed by atoms with van der Waals surface area (Å²) in [7, 11) is 0. The lowest BCUT2D eigenvalue weighted by Gasteiger charge is -2.37. The number of nitrogens with one attached hydrogen (secondary N) is 2. The van der Waals surface area contributed by atoms with Gasteiger partial charge in [0.25, 0.3) is 0 Å². The van der Waals surface area contributed by atoms with Crippen molar-refractivity contribution in [1.82, 2.24) is 10.6 Å². The van der Waals surface area contributed by atoms with Crippen LogP contribution in [0.3, 0.4) is 0 Å². The van der Waals surface area contributed by atoms with Crippen LogP contribution < -0.4 is 10.6 Å². The molecule has 2 N–H and O–H groups in total. The van der Waals surface area contributed by atoms with Gasteiger partial charge in [-0.05, 0) is 58.6 Å². The minimum absolute atomic E-state index is 0.228. The van der Waals surface area contributed by atoms with Crippen LogP contribution in [-0.2, 0) is 11.3 Å². The Morgan fingerprint density at radius 1 is 1.23 bits per heavy atom. The number of benzene rings is 1. The zero-order chi connectivity index (χ0) is 16.3. The third kappa shape index (κ3) is 5.02. The lowest BCUT2D eigenvalue weighted by molar-refractivity contribution is 0.0465. The van der Waals surface area contributed by atoms with Crippen molar-refractivity contribution in [2.75, 3.05) is 0 Å². The summed E-state index contributed by atoms with van der Waals surface area (Å²) in [6.07, 6.45) is 1.61. The molecule has 1 aliphatic rings. The number of carbonyl (C=O) groups excluding carboxylic acids is 1. The Morgan fingerprint density at radius 2 is 1.91 bits per heavy atom. The van der Waals surface area contributed by atoms with E-state index in [9.17, 15) is 4.79 Å². The molecule has 0 spiro atoms. The van der Waals surface area contributed by atoms with Crippen LogP contribution in [0, 0.1) is 13.8 Å². The van der Waals surface area contributed by atoms with Gasteiger partial charge in [0.2, 0.25) is 0 Å². The van der Waals surface area contributed by atoms with Crippen LogP contribution in [-0.4, -0.2) is 23.8 Å². The largest absolute Gasteiger partial charge is 0.444 e. The van der Waals surface area contributed by atoms with Gasteiger partial charge in [-0.3, -0.25) is 0 Å². The van der Waals surface area contributed by atoms with Crippen molar-refractivity contribution >= 4 is 6.09 Å². The predicted molar refractivity (Wildman–Crippen MR) is 88.9 cm³/mol. The lowest BCUT2D eigenvalue weighted by atomic mass is 9.86. The van der Waals surface area contributed by atoms with E-state index in [0.717, 1.165) is 19.4 Å². The van der Waals surface area contributed by atoms with E-state index in [0.29, 0.717) is 6.04 Å². The van der Waals surface area contributed by atoms with Gasteiger partial charge in [-0.2, -0.15) is 0 Å². The minimum atomic E-state index is -0.436. The van der Waals surface area contributed by atoms with Gasteiger partial charge in [0.1, 0.15) is 5.60 Å². The first-order valence-electron chi connectivity index (χ1n) is 8.02. The van der Waals surface area contributed by atoms with E-state index in [-0.39, 0.29) is 12.1 Å². The SMILES string of the molecule is Cc1ccc(C)c(CNC2CC(NC(=O)OC(C)(C)C)C2)c1. The highest BCUT2D eigenvalue weighted by Gasteiger charge is 2.31. The molecule has 0 saturated heterocycles. The fourth-order valence-electron chi connectivity index (χ4n) is 2.62. The van der Waals surface area contributed by atoms with E-state index in [4.69, 9.17) is 4.74 Å². The summed E-state index contributed by atoms with van der Waals surface area (Å²) in [6.45, 7) is 10.8. The van der Waals surface area contributed by atoms with E-state index < -0.39 is 5.60 Å². The van der Waals surface area contributed by atoms with Crippen molar-refractivity contribution in [3.8, 4) is 0 Å². The van der Waals surface area contributed by atoms with Crippen molar-refractivity contribution in [1.29, 1.82) is 0 Å². The molecule has 4 nitrogen and oxygen atoms in total. The maximum atomic E-state index is 11.7. The highest BCUT2D eigenvalue weighted by molar-refractivity contribution is 5.68. The van der Waals surface area contributed by atoms with Crippen molar-refractivity contribution in [2.24, 2.45) is 0 Å². The number of aryl methyl sites for hydroxylation is 2. The second-order valence-corrected chi connectivity index (χ2v) is 7.32. The van der Waals surface area contributed by atoms with Gasteiger partial charge in [0.05, 0.1) is 0 Å². The molecular weight excluding hydrogens is 276 g/mol. The van der Waals surface area contributed by atoms with Crippen molar-refractivity contribution in [2.45, 2.75) is 71.7 Å². The lowest BCUT2D eigenvalue weighted by Crippen LogP contribution is -2.53. The fourth-order valence-corrected chi connectivity index (χ4v) is 2.62. The second-order valence-electron chi connectivity index (χ2n) is 7.32. The van der Waals surface area contributed by atoms with E-state index in [1.165, 1.54) is 16.7 Å². The molecule has 0 unspecified atom stereocenters. The Morgan fingerprint density at radius 3 is 2.55 bits per heavy atom. The molecule has 1 aliphatic carbocycles. The molecule has 0 radical (unpaired) electrons. The highest BCUT2D eigenvalue weighted by Crippen LogP contribution is 2.21. The van der Waals surface area contributed by atoms with Crippen LogP contribution in [0.1, 0.15) is 50.3 Å².